The van der Waals surface area contributed by atoms with E-state index >= 15 is 0 Å². The lowest BCUT2D eigenvalue weighted by atomic mass is 9.86. The summed E-state index contributed by atoms with van der Waals surface area (Å²) >= 11 is 1.87. The first kappa shape index (κ1) is 15.0. The number of hydrogen-bond acceptors (Lipinski definition) is 5. The van der Waals surface area contributed by atoms with Gasteiger partial charge in [0, 0.05) is 35.5 Å². The van der Waals surface area contributed by atoms with Gasteiger partial charge in [-0.1, -0.05) is 6.42 Å². The van der Waals surface area contributed by atoms with E-state index in [1.807, 2.05) is 18.3 Å². The van der Waals surface area contributed by atoms with Crippen LogP contribution >= 0.6 is 11.3 Å². The molecule has 0 spiro atoms. The molecule has 1 aliphatic carbocycles. The highest BCUT2D eigenvalue weighted by Crippen LogP contribution is 2.40. The summed E-state index contributed by atoms with van der Waals surface area (Å²) in [5, 5.41) is 4.79. The molecule has 0 radical (unpaired) electrons. The molecule has 0 bridgehead atoms. The van der Waals surface area contributed by atoms with Crippen LogP contribution in [0.2, 0.25) is 0 Å². The van der Waals surface area contributed by atoms with Crippen LogP contribution < -0.4 is 11.6 Å². The molecule has 3 rings (SSSR count). The first-order chi connectivity index (χ1) is 10.7. The minimum atomic E-state index is 0.701. The summed E-state index contributed by atoms with van der Waals surface area (Å²) < 4.78 is 0. The highest BCUT2D eigenvalue weighted by molar-refractivity contribution is 7.11. The number of hydrogen-bond donors (Lipinski definition) is 2. The highest BCUT2D eigenvalue weighted by atomic mass is 32.1. The molecule has 1 aromatic heterocycles. The van der Waals surface area contributed by atoms with E-state index in [4.69, 9.17) is 16.6 Å². The molecular formula is C15H22N6S. The molecule has 7 heteroatoms. The van der Waals surface area contributed by atoms with Gasteiger partial charge < -0.3 is 16.5 Å². The first-order valence-electron chi connectivity index (χ1n) is 7.64. The van der Waals surface area contributed by atoms with Gasteiger partial charge in [-0.05, 0) is 19.8 Å². The fourth-order valence-electron chi connectivity index (χ4n) is 2.82. The van der Waals surface area contributed by atoms with E-state index in [0.29, 0.717) is 5.92 Å². The molecule has 22 heavy (non-hydrogen) atoms. The second-order valence-electron chi connectivity index (χ2n) is 5.79. The van der Waals surface area contributed by atoms with Crippen LogP contribution in [0.15, 0.2) is 21.9 Å². The van der Waals surface area contributed by atoms with Crippen LogP contribution in [0.1, 0.15) is 47.7 Å². The molecule has 2 aliphatic rings. The van der Waals surface area contributed by atoms with Crippen molar-refractivity contribution in [1.29, 1.82) is 0 Å². The van der Waals surface area contributed by atoms with Crippen molar-refractivity contribution in [2.45, 2.75) is 45.1 Å². The molecule has 2 heterocycles. The molecule has 0 saturated heterocycles. The van der Waals surface area contributed by atoms with Gasteiger partial charge in [0.25, 0.3) is 0 Å². The Morgan fingerprint density at radius 1 is 1.45 bits per heavy atom. The van der Waals surface area contributed by atoms with Crippen molar-refractivity contribution in [1.82, 2.24) is 9.88 Å². The van der Waals surface area contributed by atoms with E-state index in [1.165, 1.54) is 41.2 Å². The maximum atomic E-state index is 5.66. The van der Waals surface area contributed by atoms with Gasteiger partial charge in [-0.3, -0.25) is 0 Å². The maximum Gasteiger partial charge on any atom is 0.137 e. The van der Waals surface area contributed by atoms with Crippen molar-refractivity contribution in [3.8, 4) is 0 Å². The SMILES string of the molecule is CC(=C/N)/C(=N/C=N/N)N1CCc2nc(C3CCC3)sc2C1. The topological polar surface area (TPSA) is 92.9 Å². The molecular weight excluding hydrogens is 296 g/mol. The molecule has 118 valence electrons. The standard InChI is InChI=1S/C15H22N6S/c1-10(7-16)14(18-9-19-17)21-6-5-12-13(8-21)22-15(20-12)11-3-2-4-11/h7,9,11H,2-6,8,16-17H2,1H3/b10-7-,18-14-,19-9+. The zero-order chi connectivity index (χ0) is 15.5. The molecule has 1 fully saturated rings. The van der Waals surface area contributed by atoms with Gasteiger partial charge >= 0.3 is 0 Å². The molecule has 0 aromatic carbocycles. The molecule has 0 amide bonds. The molecule has 1 saturated carbocycles. The van der Waals surface area contributed by atoms with E-state index in [2.05, 4.69) is 15.0 Å². The zero-order valence-electron chi connectivity index (χ0n) is 12.8. The second kappa shape index (κ2) is 6.48. The van der Waals surface area contributed by atoms with E-state index in [0.717, 1.165) is 30.9 Å². The summed E-state index contributed by atoms with van der Waals surface area (Å²) in [6.45, 7) is 3.68. The van der Waals surface area contributed by atoms with E-state index < -0.39 is 0 Å². The lowest BCUT2D eigenvalue weighted by Gasteiger charge is -2.29. The predicted molar refractivity (Wildman–Crippen MR) is 90.9 cm³/mol. The number of nitrogens with two attached hydrogens (primary N) is 2. The van der Waals surface area contributed by atoms with Crippen LogP contribution in [-0.2, 0) is 13.0 Å². The molecule has 6 nitrogen and oxygen atoms in total. The van der Waals surface area contributed by atoms with Gasteiger partial charge in [0.15, 0.2) is 0 Å². The second-order valence-corrected chi connectivity index (χ2v) is 6.90. The van der Waals surface area contributed by atoms with Crippen LogP contribution in [0.3, 0.4) is 0 Å². The largest absolute Gasteiger partial charge is 0.404 e. The lowest BCUT2D eigenvalue weighted by molar-refractivity contribution is 0.394. The van der Waals surface area contributed by atoms with Gasteiger partial charge in [0.1, 0.15) is 12.2 Å². The van der Waals surface area contributed by atoms with E-state index in [-0.39, 0.29) is 0 Å². The fourth-order valence-corrected chi connectivity index (χ4v) is 4.12. The Morgan fingerprint density at radius 2 is 2.27 bits per heavy atom. The zero-order valence-corrected chi connectivity index (χ0v) is 13.6. The summed E-state index contributed by atoms with van der Waals surface area (Å²) in [5.74, 6) is 6.70. The van der Waals surface area contributed by atoms with Crippen LogP contribution in [0.25, 0.3) is 0 Å². The lowest BCUT2D eigenvalue weighted by Crippen LogP contribution is -2.36. The molecule has 4 N–H and O–H groups in total. The van der Waals surface area contributed by atoms with Crippen molar-refractivity contribution < 1.29 is 0 Å². The first-order valence-corrected chi connectivity index (χ1v) is 8.46. The molecule has 1 aromatic rings. The number of fused-ring (bicyclic) bond motifs is 1. The Kier molecular flexibility index (Phi) is 4.42. The summed E-state index contributed by atoms with van der Waals surface area (Å²) in [5.41, 5.74) is 7.85. The van der Waals surface area contributed by atoms with E-state index in [1.54, 1.807) is 6.20 Å². The molecule has 1 aliphatic heterocycles. The van der Waals surface area contributed by atoms with E-state index in [9.17, 15) is 0 Å². The Hall–Kier alpha value is -1.89. The van der Waals surface area contributed by atoms with Crippen molar-refractivity contribution >= 4 is 23.5 Å². The van der Waals surface area contributed by atoms with Gasteiger partial charge in [-0.2, -0.15) is 5.10 Å². The van der Waals surface area contributed by atoms with Crippen molar-refractivity contribution in [3.63, 3.8) is 0 Å². The van der Waals surface area contributed by atoms with Gasteiger partial charge in [-0.15, -0.1) is 11.3 Å². The van der Waals surface area contributed by atoms with Crippen molar-refractivity contribution in [2.75, 3.05) is 6.54 Å². The molecule has 0 atom stereocenters. The van der Waals surface area contributed by atoms with Crippen LogP contribution in [-0.4, -0.2) is 28.6 Å². The summed E-state index contributed by atoms with van der Waals surface area (Å²) in [4.78, 5) is 12.8. The third-order valence-electron chi connectivity index (χ3n) is 4.35. The number of amidine groups is 1. The minimum absolute atomic E-state index is 0.701. The smallest absolute Gasteiger partial charge is 0.137 e. The minimum Gasteiger partial charge on any atom is -0.404 e. The number of hydrazone groups is 1. The monoisotopic (exact) mass is 318 g/mol. The maximum absolute atomic E-state index is 5.66. The summed E-state index contributed by atoms with van der Waals surface area (Å²) in [7, 11) is 0. The van der Waals surface area contributed by atoms with Crippen LogP contribution in [0.5, 0.6) is 0 Å². The Labute approximate surface area is 134 Å². The van der Waals surface area contributed by atoms with Crippen LogP contribution in [0.4, 0.5) is 0 Å². The average Bonchev–Trinajstić information content (AvgIpc) is 2.87. The third-order valence-corrected chi connectivity index (χ3v) is 5.60. The Balaban J connectivity index is 1.81. The fraction of sp³-hybridized carbons (Fsp3) is 0.533. The normalized spacial score (nSPS) is 20.3. The number of thiazole rings is 1. The van der Waals surface area contributed by atoms with Crippen molar-refractivity contribution in [3.05, 3.63) is 27.4 Å². The summed E-state index contributed by atoms with van der Waals surface area (Å²) in [6, 6.07) is 0. The Bertz CT molecular complexity index is 626. The predicted octanol–water partition coefficient (Wildman–Crippen LogP) is 1.93. The Morgan fingerprint density at radius 3 is 2.91 bits per heavy atom. The van der Waals surface area contributed by atoms with Crippen LogP contribution in [0, 0.1) is 0 Å². The average molecular weight is 318 g/mol. The van der Waals surface area contributed by atoms with Gasteiger partial charge in [0.2, 0.25) is 0 Å². The number of aromatic nitrogens is 1. The summed E-state index contributed by atoms with van der Waals surface area (Å²) in [6.07, 6.45) is 7.83. The van der Waals surface area contributed by atoms with Gasteiger partial charge in [-0.25, -0.2) is 9.98 Å². The number of rotatable bonds is 3. The highest BCUT2D eigenvalue weighted by Gasteiger charge is 2.28. The van der Waals surface area contributed by atoms with Crippen molar-refractivity contribution in [2.24, 2.45) is 21.7 Å². The third kappa shape index (κ3) is 2.85. The van der Waals surface area contributed by atoms with Gasteiger partial charge in [0.05, 0.1) is 17.2 Å². The quantitative estimate of drug-likeness (QED) is 0.385. The molecule has 0 unspecified atom stereocenters. The number of aliphatic imine (C=N–C) groups is 1. The number of nitrogens with zero attached hydrogens (tertiary/aromatic N) is 4.